The SMILES string of the molecule is CC(C)(c1cccc(-c2ccc(F)cc2F)n1)C(C)(C)c1ccn(-c2ccccc2)n1. The number of aromatic nitrogens is 3. The summed E-state index contributed by atoms with van der Waals surface area (Å²) >= 11 is 0. The van der Waals surface area contributed by atoms with Crippen LogP contribution in [0.3, 0.4) is 0 Å². The van der Waals surface area contributed by atoms with E-state index in [1.165, 1.54) is 12.1 Å². The van der Waals surface area contributed by atoms with Crippen LogP contribution in [0.25, 0.3) is 16.9 Å². The van der Waals surface area contributed by atoms with Gasteiger partial charge in [-0.3, -0.25) is 4.98 Å². The number of nitrogens with zero attached hydrogens (tertiary/aromatic N) is 3. The zero-order valence-electron chi connectivity index (χ0n) is 18.1. The molecule has 0 spiro atoms. The van der Waals surface area contributed by atoms with Crippen LogP contribution in [0.5, 0.6) is 0 Å². The van der Waals surface area contributed by atoms with Crippen molar-refractivity contribution in [1.82, 2.24) is 14.8 Å². The Bertz CT molecular complexity index is 1210. The summed E-state index contributed by atoms with van der Waals surface area (Å²) in [5.74, 6) is -1.23. The third kappa shape index (κ3) is 3.76. The van der Waals surface area contributed by atoms with Gasteiger partial charge < -0.3 is 0 Å². The molecule has 0 N–H and O–H groups in total. The number of halogens is 2. The molecule has 0 radical (unpaired) electrons. The van der Waals surface area contributed by atoms with Gasteiger partial charge in [0.1, 0.15) is 11.6 Å². The standard InChI is InChI=1S/C26H25F2N3/c1-25(2,23-12-8-11-22(29-23)20-14-13-18(27)17-21(20)28)26(3,4)24-15-16-31(30-24)19-9-6-5-7-10-19/h5-17H,1-4H3. The van der Waals surface area contributed by atoms with E-state index in [-0.39, 0.29) is 11.0 Å². The maximum atomic E-state index is 14.3. The Labute approximate surface area is 181 Å². The topological polar surface area (TPSA) is 30.7 Å². The van der Waals surface area contributed by atoms with Crippen molar-refractivity contribution >= 4 is 0 Å². The number of benzene rings is 2. The fraction of sp³-hybridized carbons (Fsp3) is 0.231. The summed E-state index contributed by atoms with van der Waals surface area (Å²) in [5, 5.41) is 4.84. The molecule has 4 rings (SSSR count). The van der Waals surface area contributed by atoms with E-state index in [2.05, 4.69) is 27.7 Å². The molecule has 31 heavy (non-hydrogen) atoms. The molecule has 0 bridgehead atoms. The molecule has 0 fully saturated rings. The predicted molar refractivity (Wildman–Crippen MR) is 119 cm³/mol. The molecule has 2 aromatic heterocycles. The molecule has 3 nitrogen and oxygen atoms in total. The van der Waals surface area contributed by atoms with Crippen LogP contribution >= 0.6 is 0 Å². The van der Waals surface area contributed by atoms with E-state index >= 15 is 0 Å². The summed E-state index contributed by atoms with van der Waals surface area (Å²) in [4.78, 5) is 4.76. The van der Waals surface area contributed by atoms with Crippen molar-refractivity contribution in [2.45, 2.75) is 38.5 Å². The first-order chi connectivity index (χ1) is 14.7. The maximum absolute atomic E-state index is 14.3. The van der Waals surface area contributed by atoms with Gasteiger partial charge in [0.2, 0.25) is 0 Å². The van der Waals surface area contributed by atoms with Crippen LogP contribution in [0.15, 0.2) is 79.0 Å². The van der Waals surface area contributed by atoms with Crippen molar-refractivity contribution in [2.75, 3.05) is 0 Å². The molecule has 0 atom stereocenters. The molecule has 0 saturated heterocycles. The van der Waals surface area contributed by atoms with Gasteiger partial charge in [-0.25, -0.2) is 13.5 Å². The Hall–Kier alpha value is -3.34. The highest BCUT2D eigenvalue weighted by molar-refractivity contribution is 5.60. The molecular formula is C26H25F2N3. The Kier molecular flexibility index (Phi) is 5.21. The molecular weight excluding hydrogens is 392 g/mol. The molecule has 0 unspecified atom stereocenters. The first kappa shape index (κ1) is 20.9. The van der Waals surface area contributed by atoms with Gasteiger partial charge >= 0.3 is 0 Å². The average Bonchev–Trinajstić information content (AvgIpc) is 3.25. The second-order valence-corrected chi connectivity index (χ2v) is 8.76. The number of pyridine rings is 1. The van der Waals surface area contributed by atoms with Crippen molar-refractivity contribution in [1.29, 1.82) is 0 Å². The van der Waals surface area contributed by atoms with Crippen LogP contribution in [0.2, 0.25) is 0 Å². The summed E-state index contributed by atoms with van der Waals surface area (Å²) in [6, 6.07) is 21.1. The van der Waals surface area contributed by atoms with Crippen molar-refractivity contribution < 1.29 is 8.78 Å². The maximum Gasteiger partial charge on any atom is 0.135 e. The van der Waals surface area contributed by atoms with Crippen LogP contribution in [-0.4, -0.2) is 14.8 Å². The zero-order valence-corrected chi connectivity index (χ0v) is 18.1. The van der Waals surface area contributed by atoms with Gasteiger partial charge in [0, 0.05) is 34.4 Å². The van der Waals surface area contributed by atoms with E-state index in [9.17, 15) is 8.78 Å². The van der Waals surface area contributed by atoms with Crippen molar-refractivity contribution in [3.8, 4) is 16.9 Å². The lowest BCUT2D eigenvalue weighted by Crippen LogP contribution is -2.41. The van der Waals surface area contributed by atoms with Crippen LogP contribution in [0.4, 0.5) is 8.78 Å². The van der Waals surface area contributed by atoms with Crippen LogP contribution in [-0.2, 0) is 10.8 Å². The van der Waals surface area contributed by atoms with Crippen LogP contribution in [0.1, 0.15) is 39.1 Å². The lowest BCUT2D eigenvalue weighted by Gasteiger charge is -2.40. The first-order valence-corrected chi connectivity index (χ1v) is 10.2. The summed E-state index contributed by atoms with van der Waals surface area (Å²) in [6.07, 6.45) is 1.96. The minimum absolute atomic E-state index is 0.283. The second kappa shape index (κ2) is 7.73. The van der Waals surface area contributed by atoms with E-state index in [1.807, 2.05) is 59.4 Å². The summed E-state index contributed by atoms with van der Waals surface area (Å²) < 4.78 is 29.5. The van der Waals surface area contributed by atoms with E-state index in [0.29, 0.717) is 5.69 Å². The fourth-order valence-electron chi connectivity index (χ4n) is 3.65. The Morgan fingerprint density at radius 1 is 0.742 bits per heavy atom. The predicted octanol–water partition coefficient (Wildman–Crippen LogP) is 6.47. The minimum Gasteiger partial charge on any atom is -0.252 e. The van der Waals surface area contributed by atoms with Crippen LogP contribution in [0, 0.1) is 11.6 Å². The lowest BCUT2D eigenvalue weighted by molar-refractivity contribution is 0.287. The van der Waals surface area contributed by atoms with Crippen molar-refractivity contribution in [3.63, 3.8) is 0 Å². The molecule has 0 aliphatic heterocycles. The van der Waals surface area contributed by atoms with E-state index in [1.54, 1.807) is 6.07 Å². The third-order valence-corrected chi connectivity index (χ3v) is 6.41. The lowest BCUT2D eigenvalue weighted by atomic mass is 9.64. The van der Waals surface area contributed by atoms with Gasteiger partial charge in [0.25, 0.3) is 0 Å². The molecule has 0 saturated carbocycles. The molecule has 5 heteroatoms. The monoisotopic (exact) mass is 417 g/mol. The van der Waals surface area contributed by atoms with Crippen molar-refractivity contribution in [3.05, 3.63) is 102 Å². The number of rotatable bonds is 5. The number of hydrogen-bond acceptors (Lipinski definition) is 2. The van der Waals surface area contributed by atoms with Gasteiger partial charge in [-0.2, -0.15) is 5.10 Å². The van der Waals surface area contributed by atoms with Crippen molar-refractivity contribution in [2.24, 2.45) is 0 Å². The minimum atomic E-state index is -0.622. The smallest absolute Gasteiger partial charge is 0.135 e. The molecule has 4 aromatic rings. The molecule has 2 aromatic carbocycles. The van der Waals surface area contributed by atoms with E-state index in [0.717, 1.165) is 23.1 Å². The highest BCUT2D eigenvalue weighted by Gasteiger charge is 2.42. The molecule has 0 aliphatic carbocycles. The highest BCUT2D eigenvalue weighted by atomic mass is 19.1. The quantitative estimate of drug-likeness (QED) is 0.373. The van der Waals surface area contributed by atoms with Gasteiger partial charge in [-0.05, 0) is 42.5 Å². The fourth-order valence-corrected chi connectivity index (χ4v) is 3.65. The van der Waals surface area contributed by atoms with Gasteiger partial charge in [-0.1, -0.05) is 52.0 Å². The number of hydrogen-bond donors (Lipinski definition) is 0. The normalized spacial score (nSPS) is 12.2. The molecule has 0 aliphatic rings. The van der Waals surface area contributed by atoms with Gasteiger partial charge in [0.15, 0.2) is 0 Å². The summed E-state index contributed by atoms with van der Waals surface area (Å²) in [6.45, 7) is 8.50. The zero-order chi connectivity index (χ0) is 22.2. The number of para-hydroxylation sites is 1. The Balaban J connectivity index is 1.71. The van der Waals surface area contributed by atoms with Gasteiger partial charge in [-0.15, -0.1) is 0 Å². The Morgan fingerprint density at radius 3 is 2.16 bits per heavy atom. The average molecular weight is 418 g/mol. The summed E-state index contributed by atoms with van der Waals surface area (Å²) in [7, 11) is 0. The molecule has 158 valence electrons. The molecule has 2 heterocycles. The Morgan fingerprint density at radius 2 is 1.45 bits per heavy atom. The molecule has 0 amide bonds. The first-order valence-electron chi connectivity index (χ1n) is 10.2. The van der Waals surface area contributed by atoms with Crippen LogP contribution < -0.4 is 0 Å². The highest BCUT2D eigenvalue weighted by Crippen LogP contribution is 2.43. The van der Waals surface area contributed by atoms with E-state index < -0.39 is 17.0 Å². The largest absolute Gasteiger partial charge is 0.252 e. The second-order valence-electron chi connectivity index (χ2n) is 8.76. The summed E-state index contributed by atoms with van der Waals surface area (Å²) in [5.41, 5.74) is 2.71. The third-order valence-electron chi connectivity index (χ3n) is 6.41. The van der Waals surface area contributed by atoms with E-state index in [4.69, 9.17) is 10.1 Å². The van der Waals surface area contributed by atoms with Gasteiger partial charge in [0.05, 0.1) is 17.1 Å².